The molecule has 0 fully saturated rings. The van der Waals surface area contributed by atoms with Gasteiger partial charge in [-0.25, -0.2) is 13.4 Å². The number of imidazole rings is 1. The molecular formula is C29H27N5O2S2. The van der Waals surface area contributed by atoms with Crippen molar-refractivity contribution in [2.45, 2.75) is 29.8 Å². The van der Waals surface area contributed by atoms with Gasteiger partial charge in [-0.1, -0.05) is 48.5 Å². The number of sulfonamides is 1. The van der Waals surface area contributed by atoms with Crippen LogP contribution >= 0.6 is 11.3 Å². The second-order valence-corrected chi connectivity index (χ2v) is 12.4. The normalized spacial score (nSPS) is 16.2. The van der Waals surface area contributed by atoms with Gasteiger partial charge in [0.2, 0.25) is 0 Å². The second-order valence-electron chi connectivity index (χ2n) is 9.35. The van der Waals surface area contributed by atoms with E-state index in [0.29, 0.717) is 23.7 Å². The summed E-state index contributed by atoms with van der Waals surface area (Å²) in [6.07, 6.45) is 7.67. The van der Waals surface area contributed by atoms with Gasteiger partial charge in [-0.05, 0) is 58.3 Å². The molecule has 0 bridgehead atoms. The molecule has 0 saturated heterocycles. The Hall–Kier alpha value is -3.79. The number of aromatic nitrogens is 3. The summed E-state index contributed by atoms with van der Waals surface area (Å²) in [6, 6.07) is 23.6. The molecule has 7 nitrogen and oxygen atoms in total. The lowest BCUT2D eigenvalue weighted by molar-refractivity contribution is 0.318. The zero-order valence-corrected chi connectivity index (χ0v) is 22.3. The number of nitrogens with one attached hydrogen (secondary N) is 1. The van der Waals surface area contributed by atoms with E-state index in [9.17, 15) is 8.42 Å². The first-order valence-corrected chi connectivity index (χ1v) is 14.7. The van der Waals surface area contributed by atoms with Crippen LogP contribution in [0.2, 0.25) is 0 Å². The Balaban J connectivity index is 1.47. The van der Waals surface area contributed by atoms with Crippen molar-refractivity contribution in [3.05, 3.63) is 120 Å². The number of anilines is 1. The van der Waals surface area contributed by atoms with Crippen LogP contribution in [0.1, 0.15) is 16.8 Å². The summed E-state index contributed by atoms with van der Waals surface area (Å²) >= 11 is 1.25. The van der Waals surface area contributed by atoms with E-state index in [1.54, 1.807) is 29.0 Å². The first kappa shape index (κ1) is 24.5. The predicted octanol–water partition coefficient (Wildman–Crippen LogP) is 5.36. The molecule has 4 heterocycles. The largest absolute Gasteiger partial charge is 0.364 e. The van der Waals surface area contributed by atoms with Crippen molar-refractivity contribution >= 4 is 27.0 Å². The number of hydrogen-bond donors (Lipinski definition) is 1. The molecule has 6 rings (SSSR count). The molecule has 1 aliphatic heterocycles. The van der Waals surface area contributed by atoms with Crippen molar-refractivity contribution < 1.29 is 8.42 Å². The van der Waals surface area contributed by atoms with E-state index in [4.69, 9.17) is 0 Å². The van der Waals surface area contributed by atoms with E-state index < -0.39 is 10.0 Å². The Labute approximate surface area is 226 Å². The zero-order chi connectivity index (χ0) is 26.0. The molecule has 5 aromatic rings. The Bertz CT molecular complexity index is 1590. The average molecular weight is 542 g/mol. The van der Waals surface area contributed by atoms with Crippen molar-refractivity contribution in [3.8, 4) is 11.1 Å². The van der Waals surface area contributed by atoms with Crippen LogP contribution in [0.15, 0.2) is 107 Å². The molecular weight excluding hydrogens is 514 g/mol. The van der Waals surface area contributed by atoms with Crippen LogP contribution in [-0.2, 0) is 29.5 Å². The fraction of sp³-hybridized carbons (Fsp3) is 0.172. The van der Waals surface area contributed by atoms with Gasteiger partial charge in [-0.3, -0.25) is 4.98 Å². The summed E-state index contributed by atoms with van der Waals surface area (Å²) in [5.74, 6) is 0. The fourth-order valence-corrected chi connectivity index (χ4v) is 7.77. The topological polar surface area (TPSA) is 82.2 Å². The van der Waals surface area contributed by atoms with E-state index in [0.717, 1.165) is 33.6 Å². The third-order valence-corrected chi connectivity index (χ3v) is 10.1. The van der Waals surface area contributed by atoms with Gasteiger partial charge in [0.05, 0.1) is 18.6 Å². The molecule has 9 heteroatoms. The average Bonchev–Trinajstić information content (AvgIpc) is 3.65. The monoisotopic (exact) mass is 541 g/mol. The number of hydrogen-bond acceptors (Lipinski definition) is 6. The fourth-order valence-electron chi connectivity index (χ4n) is 5.06. The maximum Gasteiger partial charge on any atom is 0.253 e. The quantitative estimate of drug-likeness (QED) is 0.300. The highest BCUT2D eigenvalue weighted by atomic mass is 32.2. The van der Waals surface area contributed by atoms with Gasteiger partial charge in [-0.15, -0.1) is 11.3 Å². The smallest absolute Gasteiger partial charge is 0.253 e. The summed E-state index contributed by atoms with van der Waals surface area (Å²) in [7, 11) is -3.73. The molecule has 192 valence electrons. The van der Waals surface area contributed by atoms with Gasteiger partial charge in [0.15, 0.2) is 0 Å². The number of aromatic amines is 1. The van der Waals surface area contributed by atoms with Crippen LogP contribution in [0.5, 0.6) is 0 Å². The lowest BCUT2D eigenvalue weighted by Crippen LogP contribution is -2.45. The van der Waals surface area contributed by atoms with Crippen molar-refractivity contribution in [1.82, 2.24) is 19.3 Å². The Morgan fingerprint density at radius 3 is 2.63 bits per heavy atom. The first-order valence-electron chi connectivity index (χ1n) is 12.4. The Morgan fingerprint density at radius 2 is 1.89 bits per heavy atom. The van der Waals surface area contributed by atoms with E-state index in [2.05, 4.69) is 50.2 Å². The summed E-state index contributed by atoms with van der Waals surface area (Å²) in [6.45, 7) is 1.36. The lowest BCUT2D eigenvalue weighted by Gasteiger charge is -2.31. The van der Waals surface area contributed by atoms with Gasteiger partial charge in [-0.2, -0.15) is 4.31 Å². The summed E-state index contributed by atoms with van der Waals surface area (Å²) in [5.41, 5.74) is 6.04. The first-order chi connectivity index (χ1) is 18.6. The Morgan fingerprint density at radius 1 is 1.00 bits per heavy atom. The van der Waals surface area contributed by atoms with Gasteiger partial charge in [0.25, 0.3) is 10.0 Å². The molecule has 1 atom stereocenters. The van der Waals surface area contributed by atoms with Crippen molar-refractivity contribution in [3.63, 3.8) is 0 Å². The molecule has 2 aromatic carbocycles. The Kier molecular flexibility index (Phi) is 6.80. The maximum absolute atomic E-state index is 14.1. The van der Waals surface area contributed by atoms with Crippen LogP contribution in [0.4, 0.5) is 5.69 Å². The minimum Gasteiger partial charge on any atom is -0.364 e. The zero-order valence-electron chi connectivity index (χ0n) is 20.6. The van der Waals surface area contributed by atoms with Crippen LogP contribution in [0, 0.1) is 0 Å². The van der Waals surface area contributed by atoms with Gasteiger partial charge < -0.3 is 9.88 Å². The van der Waals surface area contributed by atoms with E-state index >= 15 is 0 Å². The molecule has 0 unspecified atom stereocenters. The SMILES string of the molecule is O=S(=O)(c1cccs1)N1Cc2cc(-c3ccccc3)ccc2N(Cc2c[nH]cn2)C[C@H]1Cc1cccnc1. The maximum atomic E-state index is 14.1. The molecule has 0 saturated carbocycles. The van der Waals surface area contributed by atoms with E-state index in [1.165, 1.54) is 11.3 Å². The number of benzene rings is 2. The molecule has 0 radical (unpaired) electrons. The number of pyridine rings is 1. The molecule has 0 aliphatic carbocycles. The number of nitrogens with zero attached hydrogens (tertiary/aromatic N) is 4. The van der Waals surface area contributed by atoms with Gasteiger partial charge in [0, 0.05) is 43.4 Å². The molecule has 1 N–H and O–H groups in total. The van der Waals surface area contributed by atoms with E-state index in [-0.39, 0.29) is 12.6 Å². The number of H-pyrrole nitrogens is 1. The molecule has 0 spiro atoms. The van der Waals surface area contributed by atoms with Crippen LogP contribution in [-0.4, -0.2) is 40.3 Å². The van der Waals surface area contributed by atoms with Crippen molar-refractivity contribution in [2.75, 3.05) is 11.4 Å². The molecule has 3 aromatic heterocycles. The van der Waals surface area contributed by atoms with Crippen molar-refractivity contribution in [2.24, 2.45) is 0 Å². The second kappa shape index (κ2) is 10.5. The molecule has 38 heavy (non-hydrogen) atoms. The lowest BCUT2D eigenvalue weighted by atomic mass is 10.0. The molecule has 1 aliphatic rings. The number of rotatable bonds is 7. The third kappa shape index (κ3) is 5.00. The molecule has 0 amide bonds. The van der Waals surface area contributed by atoms with Crippen LogP contribution < -0.4 is 4.90 Å². The summed E-state index contributed by atoms with van der Waals surface area (Å²) in [4.78, 5) is 14.0. The summed E-state index contributed by atoms with van der Waals surface area (Å²) < 4.78 is 30.2. The minimum absolute atomic E-state index is 0.276. The highest BCUT2D eigenvalue weighted by molar-refractivity contribution is 7.91. The van der Waals surface area contributed by atoms with E-state index in [1.807, 2.05) is 48.1 Å². The van der Waals surface area contributed by atoms with Crippen LogP contribution in [0.25, 0.3) is 11.1 Å². The van der Waals surface area contributed by atoms with Gasteiger partial charge >= 0.3 is 0 Å². The highest BCUT2D eigenvalue weighted by Crippen LogP contribution is 2.36. The minimum atomic E-state index is -3.73. The highest BCUT2D eigenvalue weighted by Gasteiger charge is 2.37. The van der Waals surface area contributed by atoms with Gasteiger partial charge in [0.1, 0.15) is 4.21 Å². The van der Waals surface area contributed by atoms with Crippen molar-refractivity contribution in [1.29, 1.82) is 0 Å². The van der Waals surface area contributed by atoms with Crippen LogP contribution in [0.3, 0.4) is 0 Å². The summed E-state index contributed by atoms with van der Waals surface area (Å²) in [5, 5.41) is 1.81. The third-order valence-electron chi connectivity index (χ3n) is 6.85. The number of fused-ring (bicyclic) bond motifs is 1. The standard InChI is InChI=1S/C29H27N5O2S2/c35-38(36,29-9-5-13-37-29)34-18-25-15-24(23-7-2-1-3-8-23)10-11-28(25)33(19-26-17-31-21-32-26)20-27(34)14-22-6-4-12-30-16-22/h1-13,15-17,21,27H,14,18-20H2,(H,31,32)/t27-/m1/s1. The number of thiophene rings is 1. The predicted molar refractivity (Wildman–Crippen MR) is 150 cm³/mol.